The van der Waals surface area contributed by atoms with Gasteiger partial charge in [-0.15, -0.1) is 0 Å². The number of nitrogens with one attached hydrogen (secondary N) is 1. The van der Waals surface area contributed by atoms with Crippen LogP contribution in [0.15, 0.2) is 42.5 Å². The Morgan fingerprint density at radius 3 is 2.36 bits per heavy atom. The third-order valence-corrected chi connectivity index (χ3v) is 1.44. The molecule has 0 saturated heterocycles. The highest BCUT2D eigenvalue weighted by molar-refractivity contribution is 6.03. The van der Waals surface area contributed by atoms with Crippen molar-refractivity contribution in [1.82, 2.24) is 0 Å². The summed E-state index contributed by atoms with van der Waals surface area (Å²) in [7, 11) is 0. The van der Waals surface area contributed by atoms with E-state index in [2.05, 4.69) is 5.32 Å². The summed E-state index contributed by atoms with van der Waals surface area (Å²) in [5.74, 6) is -1.02. The van der Waals surface area contributed by atoms with E-state index in [1.807, 2.05) is 6.07 Å². The summed E-state index contributed by atoms with van der Waals surface area (Å²) in [5, 5.41) is 2.56. The first kappa shape index (κ1) is 9.98. The second-order valence-corrected chi connectivity index (χ2v) is 2.59. The van der Waals surface area contributed by atoms with Crippen molar-refractivity contribution >= 4 is 17.5 Å². The number of hydrogen-bond donors (Lipinski definition) is 2. The molecule has 0 atom stereocenters. The highest BCUT2D eigenvalue weighted by Crippen LogP contribution is 2.04. The molecule has 0 fully saturated rings. The van der Waals surface area contributed by atoms with Crippen LogP contribution in [0, 0.1) is 0 Å². The van der Waals surface area contributed by atoms with Crippen molar-refractivity contribution in [3.05, 3.63) is 42.5 Å². The summed E-state index contributed by atoms with van der Waals surface area (Å²) in [6, 6.07) is 8.93. The first-order chi connectivity index (χ1) is 6.68. The number of rotatable bonds is 3. The number of nitrogens with two attached hydrogens (primary N) is 1. The molecule has 0 bridgehead atoms. The molecule has 2 amide bonds. The first-order valence-electron chi connectivity index (χ1n) is 4.02. The molecule has 3 N–H and O–H groups in total. The maximum absolute atomic E-state index is 11.1. The molecule has 1 rings (SSSR count). The summed E-state index contributed by atoms with van der Waals surface area (Å²) < 4.78 is 0. The number of benzene rings is 1. The molecular weight excluding hydrogens is 180 g/mol. The molecule has 4 heteroatoms. The minimum absolute atomic E-state index is 0.380. The zero-order valence-electron chi connectivity index (χ0n) is 7.44. The second-order valence-electron chi connectivity index (χ2n) is 2.59. The van der Waals surface area contributed by atoms with Crippen molar-refractivity contribution in [2.45, 2.75) is 0 Å². The molecule has 0 aliphatic rings. The molecule has 0 aliphatic carbocycles. The number of hydrogen-bond acceptors (Lipinski definition) is 2. The Balaban J connectivity index is 2.54. The number of carbonyl (C=O) groups excluding carboxylic acids is 2. The minimum Gasteiger partial charge on any atom is -0.366 e. The van der Waals surface area contributed by atoms with Crippen molar-refractivity contribution in [2.75, 3.05) is 5.32 Å². The molecule has 0 aliphatic heterocycles. The fraction of sp³-hybridized carbons (Fsp3) is 0. The largest absolute Gasteiger partial charge is 0.366 e. The minimum atomic E-state index is -0.645. The Morgan fingerprint density at radius 2 is 1.79 bits per heavy atom. The Morgan fingerprint density at radius 1 is 1.14 bits per heavy atom. The van der Waals surface area contributed by atoms with E-state index in [4.69, 9.17) is 5.73 Å². The Labute approximate surface area is 81.4 Å². The predicted molar refractivity (Wildman–Crippen MR) is 53.4 cm³/mol. The van der Waals surface area contributed by atoms with E-state index in [9.17, 15) is 9.59 Å². The SMILES string of the molecule is NC(=O)/C=C/C(=O)Nc1ccccc1. The van der Waals surface area contributed by atoms with Gasteiger partial charge in [0.2, 0.25) is 11.8 Å². The maximum Gasteiger partial charge on any atom is 0.248 e. The van der Waals surface area contributed by atoms with Crippen LogP contribution < -0.4 is 11.1 Å². The molecule has 0 radical (unpaired) electrons. The van der Waals surface area contributed by atoms with Gasteiger partial charge >= 0.3 is 0 Å². The molecule has 72 valence electrons. The monoisotopic (exact) mass is 190 g/mol. The van der Waals surface area contributed by atoms with E-state index >= 15 is 0 Å². The van der Waals surface area contributed by atoms with Crippen molar-refractivity contribution in [3.8, 4) is 0 Å². The van der Waals surface area contributed by atoms with Gasteiger partial charge in [0.1, 0.15) is 0 Å². The smallest absolute Gasteiger partial charge is 0.248 e. The number of anilines is 1. The summed E-state index contributed by atoms with van der Waals surface area (Å²) in [6.07, 6.45) is 2.10. The Bertz CT molecular complexity index is 358. The van der Waals surface area contributed by atoms with Crippen LogP contribution in [0.5, 0.6) is 0 Å². The zero-order valence-corrected chi connectivity index (χ0v) is 7.44. The van der Waals surface area contributed by atoms with Crippen LogP contribution in [0.3, 0.4) is 0 Å². The van der Waals surface area contributed by atoms with Gasteiger partial charge in [-0.2, -0.15) is 0 Å². The normalized spacial score (nSPS) is 10.0. The molecule has 0 unspecified atom stereocenters. The molecule has 4 nitrogen and oxygen atoms in total. The maximum atomic E-state index is 11.1. The van der Waals surface area contributed by atoms with Gasteiger partial charge in [0.15, 0.2) is 0 Å². The number of para-hydroxylation sites is 1. The molecule has 0 spiro atoms. The van der Waals surface area contributed by atoms with Gasteiger partial charge in [-0.05, 0) is 12.1 Å². The van der Waals surface area contributed by atoms with Crippen LogP contribution in [-0.2, 0) is 9.59 Å². The first-order valence-corrected chi connectivity index (χ1v) is 4.02. The number of primary amides is 1. The van der Waals surface area contributed by atoms with E-state index in [-0.39, 0.29) is 5.91 Å². The highest BCUT2D eigenvalue weighted by atomic mass is 16.2. The fourth-order valence-electron chi connectivity index (χ4n) is 0.863. The Hall–Kier alpha value is -2.10. The second kappa shape index (κ2) is 4.81. The summed E-state index contributed by atoms with van der Waals surface area (Å²) in [6.45, 7) is 0. The Kier molecular flexibility index (Phi) is 3.43. The summed E-state index contributed by atoms with van der Waals surface area (Å²) >= 11 is 0. The molecule has 0 heterocycles. The van der Waals surface area contributed by atoms with Gasteiger partial charge in [0.25, 0.3) is 0 Å². The third-order valence-electron chi connectivity index (χ3n) is 1.44. The average Bonchev–Trinajstić information content (AvgIpc) is 2.16. The van der Waals surface area contributed by atoms with E-state index in [0.29, 0.717) is 5.69 Å². The number of amides is 2. The van der Waals surface area contributed by atoms with E-state index in [1.54, 1.807) is 24.3 Å². The molecular formula is C10H10N2O2. The van der Waals surface area contributed by atoms with Crippen LogP contribution in [0.2, 0.25) is 0 Å². The zero-order chi connectivity index (χ0) is 10.4. The molecule has 1 aromatic carbocycles. The average molecular weight is 190 g/mol. The van der Waals surface area contributed by atoms with Gasteiger partial charge in [0.05, 0.1) is 0 Å². The van der Waals surface area contributed by atoms with Crippen LogP contribution in [0.1, 0.15) is 0 Å². The van der Waals surface area contributed by atoms with E-state index in [0.717, 1.165) is 12.2 Å². The molecule has 14 heavy (non-hydrogen) atoms. The lowest BCUT2D eigenvalue weighted by Crippen LogP contribution is -2.11. The highest BCUT2D eigenvalue weighted by Gasteiger charge is 1.96. The molecule has 0 saturated carbocycles. The molecule has 0 aromatic heterocycles. The quantitative estimate of drug-likeness (QED) is 0.687. The van der Waals surface area contributed by atoms with Crippen LogP contribution in [-0.4, -0.2) is 11.8 Å². The van der Waals surface area contributed by atoms with Crippen molar-refractivity contribution in [3.63, 3.8) is 0 Å². The third kappa shape index (κ3) is 3.53. The van der Waals surface area contributed by atoms with Gasteiger partial charge in [-0.1, -0.05) is 18.2 Å². The van der Waals surface area contributed by atoms with E-state index in [1.165, 1.54) is 0 Å². The summed E-state index contributed by atoms with van der Waals surface area (Å²) in [4.78, 5) is 21.4. The number of carbonyl (C=O) groups is 2. The standard InChI is InChI=1S/C10H10N2O2/c11-9(13)6-7-10(14)12-8-4-2-1-3-5-8/h1-7H,(H2,11,13)(H,12,14)/b7-6+. The van der Waals surface area contributed by atoms with Crippen molar-refractivity contribution < 1.29 is 9.59 Å². The summed E-state index contributed by atoms with van der Waals surface area (Å²) in [5.41, 5.74) is 5.50. The lowest BCUT2D eigenvalue weighted by Gasteiger charge is -1.99. The van der Waals surface area contributed by atoms with Crippen LogP contribution in [0.4, 0.5) is 5.69 Å². The van der Waals surface area contributed by atoms with Gasteiger partial charge in [-0.3, -0.25) is 9.59 Å². The van der Waals surface area contributed by atoms with Gasteiger partial charge in [-0.25, -0.2) is 0 Å². The van der Waals surface area contributed by atoms with Crippen LogP contribution in [0.25, 0.3) is 0 Å². The van der Waals surface area contributed by atoms with Gasteiger partial charge < -0.3 is 11.1 Å². The van der Waals surface area contributed by atoms with Crippen molar-refractivity contribution in [2.24, 2.45) is 5.73 Å². The van der Waals surface area contributed by atoms with E-state index < -0.39 is 5.91 Å². The fourth-order valence-corrected chi connectivity index (χ4v) is 0.863. The predicted octanol–water partition coefficient (Wildman–Crippen LogP) is 0.667. The lowest BCUT2D eigenvalue weighted by molar-refractivity contribution is -0.115. The van der Waals surface area contributed by atoms with Gasteiger partial charge in [0, 0.05) is 17.8 Å². The topological polar surface area (TPSA) is 72.2 Å². The lowest BCUT2D eigenvalue weighted by atomic mass is 10.3. The molecule has 1 aromatic rings. The van der Waals surface area contributed by atoms with Crippen molar-refractivity contribution in [1.29, 1.82) is 0 Å². The van der Waals surface area contributed by atoms with Crippen LogP contribution >= 0.6 is 0 Å².